The first-order valence-corrected chi connectivity index (χ1v) is 16.4. The Kier molecular flexibility index (Phi) is 6.91. The molecular weight excluding hydrogens is 619 g/mol. The number of nitrogens with two attached hydrogens (primary N) is 2. The molecule has 9 atom stereocenters. The summed E-state index contributed by atoms with van der Waals surface area (Å²) in [6.45, 7) is -4.39. The topological polar surface area (TPSA) is 220 Å². The minimum Gasteiger partial charge on any atom is -0.382 e. The van der Waals surface area contributed by atoms with Crippen LogP contribution in [0.3, 0.4) is 0 Å². The van der Waals surface area contributed by atoms with Crippen molar-refractivity contribution in [2.75, 3.05) is 18.1 Å². The van der Waals surface area contributed by atoms with Crippen LogP contribution >= 0.6 is 18.5 Å². The summed E-state index contributed by atoms with van der Waals surface area (Å²) in [6.07, 6.45) is -2.75. The lowest BCUT2D eigenvalue weighted by Crippen LogP contribution is -2.32. The third-order valence-electron chi connectivity index (χ3n) is 7.68. The molecule has 4 aromatic rings. The van der Waals surface area contributed by atoms with Crippen molar-refractivity contribution < 1.29 is 27.5 Å². The number of halogens is 2. The molecule has 224 valence electrons. The van der Waals surface area contributed by atoms with Crippen molar-refractivity contribution >= 4 is 64.4 Å². The Labute approximate surface area is 243 Å². The van der Waals surface area contributed by atoms with E-state index in [2.05, 4.69) is 35.2 Å². The van der Waals surface area contributed by atoms with Crippen molar-refractivity contribution in [3.8, 4) is 0 Å². The Hall–Kier alpha value is -2.87. The zero-order valence-electron chi connectivity index (χ0n) is 21.4. The molecule has 3 aliphatic heterocycles. The van der Waals surface area contributed by atoms with E-state index in [-0.39, 0.29) is 40.7 Å². The highest BCUT2D eigenvalue weighted by Gasteiger charge is 2.51. The number of aromatic amines is 1. The molecule has 16 nitrogen and oxygen atoms in total. The Morgan fingerprint density at radius 1 is 1.17 bits per heavy atom. The number of nitrogens with zero attached hydrogens (tertiary/aromatic N) is 8. The molecule has 1 unspecified atom stereocenters. The van der Waals surface area contributed by atoms with Gasteiger partial charge in [-0.25, -0.2) is 23.7 Å². The lowest BCUT2D eigenvalue weighted by Gasteiger charge is -2.28. The average Bonchev–Trinajstić information content (AvgIpc) is 3.69. The maximum atomic E-state index is 16.0. The lowest BCUT2D eigenvalue weighted by molar-refractivity contribution is -0.0457. The maximum Gasteiger partial charge on any atom is 0.325 e. The Morgan fingerprint density at radius 3 is 2.83 bits per heavy atom. The first-order chi connectivity index (χ1) is 20.1. The fourth-order valence-corrected chi connectivity index (χ4v) is 8.83. The molecule has 7 rings (SSSR count). The van der Waals surface area contributed by atoms with Crippen molar-refractivity contribution in [3.63, 3.8) is 0 Å². The summed E-state index contributed by atoms with van der Waals surface area (Å²) in [5.41, 5.74) is 11.6. The summed E-state index contributed by atoms with van der Waals surface area (Å²) < 4.78 is 52.0. The van der Waals surface area contributed by atoms with Gasteiger partial charge in [0.05, 0.1) is 19.0 Å². The van der Waals surface area contributed by atoms with Crippen LogP contribution in [0.1, 0.15) is 30.9 Å². The fraction of sp³-hybridized carbons (Fsp3) is 0.571. The molecule has 21 heteroatoms. The maximum absolute atomic E-state index is 16.0. The third kappa shape index (κ3) is 4.65. The number of nitrogens with one attached hydrogen (secondary N) is 1. The highest BCUT2D eigenvalue weighted by molar-refractivity contribution is 8.07. The smallest absolute Gasteiger partial charge is 0.325 e. The van der Waals surface area contributed by atoms with E-state index in [1.54, 1.807) is 0 Å². The SMILES string of the molecule is Nc1nc2c(ncn2[C@@H]2S[C@@H]3CCC[C@H]4[C@H](F)[C@H](n5nnc6c(N)ncnc65)O[C@@H]4COP(O)(=S)O[C@@H]2[C@@H]3F)c(=O)[nH]1. The van der Waals surface area contributed by atoms with Crippen LogP contribution in [0.4, 0.5) is 20.5 Å². The molecule has 0 aromatic carbocycles. The summed E-state index contributed by atoms with van der Waals surface area (Å²) in [7, 11) is 0. The van der Waals surface area contributed by atoms with Gasteiger partial charge in [0.25, 0.3) is 5.56 Å². The summed E-state index contributed by atoms with van der Waals surface area (Å²) in [4.78, 5) is 41.9. The van der Waals surface area contributed by atoms with Gasteiger partial charge < -0.3 is 25.6 Å². The van der Waals surface area contributed by atoms with Gasteiger partial charge in [-0.15, -0.1) is 16.9 Å². The number of aromatic nitrogens is 9. The van der Waals surface area contributed by atoms with Crippen LogP contribution in [-0.2, 0) is 25.6 Å². The first-order valence-electron chi connectivity index (χ1n) is 12.9. The predicted molar refractivity (Wildman–Crippen MR) is 149 cm³/mol. The fourth-order valence-electron chi connectivity index (χ4n) is 5.72. The number of fused-ring (bicyclic) bond motifs is 5. The predicted octanol–water partition coefficient (Wildman–Crippen LogP) is 1.13. The highest BCUT2D eigenvalue weighted by atomic mass is 32.5. The molecule has 2 bridgehead atoms. The number of anilines is 2. The Bertz CT molecular complexity index is 1780. The Balaban J connectivity index is 1.17. The standard InChI is InChI=1S/C21H24F2N11O5PS2/c22-10-7-2-1-3-9-11(23)14(20(42-9)33-6-28-13-17(33)29-21(25)30-18(13)35)39-40(36,41)37-4-8(7)38-19(10)34-16-12(31-32-34)15(24)26-5-27-16/h5-11,14,19-20H,1-4H2,(H,36,41)(H2,24,26,27)(H3,25,29,30,35)/t7-,8-,9-,10+,11-,14-,19-,20-,40?/m1/s1. The van der Waals surface area contributed by atoms with Gasteiger partial charge in [-0.1, -0.05) is 11.6 Å². The number of rotatable bonds is 2. The van der Waals surface area contributed by atoms with Crippen molar-refractivity contribution in [2.45, 2.75) is 60.7 Å². The summed E-state index contributed by atoms with van der Waals surface area (Å²) in [5, 5.41) is 6.53. The average molecular weight is 644 g/mol. The van der Waals surface area contributed by atoms with E-state index >= 15 is 8.78 Å². The normalized spacial score (nSPS) is 35.7. The van der Waals surface area contributed by atoms with E-state index in [0.29, 0.717) is 19.3 Å². The van der Waals surface area contributed by atoms with Crippen molar-refractivity contribution in [3.05, 3.63) is 23.0 Å². The molecule has 4 aromatic heterocycles. The third-order valence-corrected chi connectivity index (χ3v) is 10.9. The molecule has 0 amide bonds. The largest absolute Gasteiger partial charge is 0.382 e. The van der Waals surface area contributed by atoms with E-state index in [1.165, 1.54) is 33.7 Å². The second-order valence-corrected chi connectivity index (χ2v) is 14.3. The summed E-state index contributed by atoms with van der Waals surface area (Å²) in [5.74, 6) is -0.741. The van der Waals surface area contributed by atoms with Gasteiger partial charge in [0.1, 0.15) is 24.0 Å². The molecule has 0 spiro atoms. The molecule has 3 aliphatic rings. The summed E-state index contributed by atoms with van der Waals surface area (Å²) in [6, 6.07) is 0. The zero-order chi connectivity index (χ0) is 29.3. The minimum atomic E-state index is -4.08. The molecule has 3 fully saturated rings. The highest BCUT2D eigenvalue weighted by Crippen LogP contribution is 2.56. The number of alkyl halides is 2. The van der Waals surface area contributed by atoms with E-state index < -0.39 is 59.6 Å². The van der Waals surface area contributed by atoms with Crippen LogP contribution in [0.5, 0.6) is 0 Å². The monoisotopic (exact) mass is 643 g/mol. The van der Waals surface area contributed by atoms with Crippen LogP contribution in [0.15, 0.2) is 17.4 Å². The number of imidazole rings is 1. The van der Waals surface area contributed by atoms with Crippen molar-refractivity contribution in [2.24, 2.45) is 5.92 Å². The van der Waals surface area contributed by atoms with Crippen LogP contribution in [-0.4, -0.2) is 85.8 Å². The number of hydrogen-bond acceptors (Lipinski definition) is 14. The molecular formula is C21H24F2N11O5PS2. The molecule has 0 aliphatic carbocycles. The minimum absolute atomic E-state index is 0.0165. The van der Waals surface area contributed by atoms with Crippen LogP contribution in [0.2, 0.25) is 0 Å². The van der Waals surface area contributed by atoms with Gasteiger partial charge in [0, 0.05) is 11.2 Å². The molecule has 6 N–H and O–H groups in total. The van der Waals surface area contributed by atoms with E-state index in [0.717, 1.165) is 0 Å². The lowest BCUT2D eigenvalue weighted by atomic mass is 9.92. The molecule has 7 heterocycles. The van der Waals surface area contributed by atoms with Crippen LogP contribution < -0.4 is 17.0 Å². The van der Waals surface area contributed by atoms with Crippen LogP contribution in [0.25, 0.3) is 22.3 Å². The van der Waals surface area contributed by atoms with Gasteiger partial charge in [-0.3, -0.25) is 18.9 Å². The second kappa shape index (κ2) is 10.4. The Morgan fingerprint density at radius 2 is 2.00 bits per heavy atom. The number of nitrogen functional groups attached to an aromatic ring is 2. The molecule has 42 heavy (non-hydrogen) atoms. The van der Waals surface area contributed by atoms with Gasteiger partial charge >= 0.3 is 6.72 Å². The molecule has 0 radical (unpaired) electrons. The van der Waals surface area contributed by atoms with Gasteiger partial charge in [-0.05, 0) is 24.6 Å². The molecule has 0 saturated carbocycles. The van der Waals surface area contributed by atoms with E-state index in [1.807, 2.05) is 0 Å². The number of ether oxygens (including phenoxy) is 1. The number of thioether (sulfide) groups is 1. The first kappa shape index (κ1) is 27.9. The van der Waals surface area contributed by atoms with E-state index in [9.17, 15) is 9.69 Å². The van der Waals surface area contributed by atoms with E-state index in [4.69, 9.17) is 37.1 Å². The van der Waals surface area contributed by atoms with Gasteiger partial charge in [0.15, 0.2) is 40.5 Å². The quantitative estimate of drug-likeness (QED) is 0.225. The number of H-pyrrole nitrogens is 1. The second-order valence-electron chi connectivity index (χ2n) is 10.2. The zero-order valence-corrected chi connectivity index (χ0v) is 24.0. The number of hydrogen-bond donors (Lipinski definition) is 4. The summed E-state index contributed by atoms with van der Waals surface area (Å²) >= 11 is 6.48. The van der Waals surface area contributed by atoms with Gasteiger partial charge in [0.2, 0.25) is 5.95 Å². The van der Waals surface area contributed by atoms with Gasteiger partial charge in [-0.2, -0.15) is 9.67 Å². The van der Waals surface area contributed by atoms with Crippen LogP contribution in [0, 0.1) is 5.92 Å². The van der Waals surface area contributed by atoms with Crippen molar-refractivity contribution in [1.29, 1.82) is 0 Å². The molecule has 3 saturated heterocycles. The van der Waals surface area contributed by atoms with Crippen molar-refractivity contribution in [1.82, 2.24) is 44.5 Å².